The minimum absolute atomic E-state index is 0.0596. The molecule has 0 atom stereocenters. The van der Waals surface area contributed by atoms with Crippen molar-refractivity contribution in [1.29, 1.82) is 0 Å². The van der Waals surface area contributed by atoms with Gasteiger partial charge in [0.2, 0.25) is 0 Å². The second-order valence-electron chi connectivity index (χ2n) is 7.85. The maximum absolute atomic E-state index is 13.4. The summed E-state index contributed by atoms with van der Waals surface area (Å²) in [5.41, 5.74) is -1.85. The van der Waals surface area contributed by atoms with Gasteiger partial charge >= 0.3 is 12.4 Å². The van der Waals surface area contributed by atoms with Crippen molar-refractivity contribution in [3.8, 4) is 0 Å². The van der Waals surface area contributed by atoms with Crippen molar-refractivity contribution < 1.29 is 31.1 Å². The van der Waals surface area contributed by atoms with Gasteiger partial charge in [0.05, 0.1) is 22.2 Å². The third-order valence-corrected chi connectivity index (χ3v) is 5.24. The molecule has 0 bridgehead atoms. The van der Waals surface area contributed by atoms with Crippen LogP contribution >= 0.6 is 0 Å². The number of carbonyl (C=O) groups excluding carboxylic acids is 1. The molecule has 0 spiro atoms. The number of hydrogen-bond acceptors (Lipinski definition) is 3. The maximum atomic E-state index is 13.4. The van der Waals surface area contributed by atoms with Crippen LogP contribution in [0.25, 0.3) is 10.9 Å². The molecule has 0 aliphatic rings. The first kappa shape index (κ1) is 24.2. The molecule has 0 aliphatic carbocycles. The van der Waals surface area contributed by atoms with Crippen LogP contribution in [0.2, 0.25) is 0 Å². The van der Waals surface area contributed by atoms with Crippen LogP contribution in [0.4, 0.5) is 26.3 Å². The number of amides is 1. The summed E-state index contributed by atoms with van der Waals surface area (Å²) >= 11 is 0. The number of alkyl halides is 6. The molecule has 0 fully saturated rings. The van der Waals surface area contributed by atoms with Gasteiger partial charge in [-0.1, -0.05) is 24.3 Å². The minimum Gasteiger partial charge on any atom is -0.330 e. The van der Waals surface area contributed by atoms with E-state index in [1.165, 1.54) is 23.5 Å². The summed E-state index contributed by atoms with van der Waals surface area (Å²) in [6.45, 7) is -0.579. The molecular weight excluding hydrogens is 472 g/mol. The SMILES string of the molecule is O=C(c1cnc2ccccc2c1)N(Cc1cccnc1)Cc1cc(C(F)(F)F)cc(C(F)(F)F)c1. The zero-order chi connectivity index (χ0) is 25.2. The molecule has 0 unspecified atom stereocenters. The first-order valence-corrected chi connectivity index (χ1v) is 10.3. The zero-order valence-corrected chi connectivity index (χ0v) is 17.9. The Kier molecular flexibility index (Phi) is 6.47. The number of carbonyl (C=O) groups is 1. The topological polar surface area (TPSA) is 46.1 Å². The maximum Gasteiger partial charge on any atom is 0.416 e. The van der Waals surface area contributed by atoms with E-state index in [0.717, 1.165) is 0 Å². The lowest BCUT2D eigenvalue weighted by molar-refractivity contribution is -0.143. The minimum atomic E-state index is -4.99. The molecule has 2 aromatic carbocycles. The summed E-state index contributed by atoms with van der Waals surface area (Å²) in [6.07, 6.45) is -5.68. The summed E-state index contributed by atoms with van der Waals surface area (Å²) in [7, 11) is 0. The van der Waals surface area contributed by atoms with E-state index in [2.05, 4.69) is 9.97 Å². The van der Waals surface area contributed by atoms with Gasteiger partial charge in [-0.3, -0.25) is 14.8 Å². The molecule has 2 heterocycles. The van der Waals surface area contributed by atoms with E-state index >= 15 is 0 Å². The fraction of sp³-hybridized carbons (Fsp3) is 0.160. The highest BCUT2D eigenvalue weighted by molar-refractivity contribution is 5.97. The molecule has 10 heteroatoms. The molecule has 0 saturated heterocycles. The number of fused-ring (bicyclic) bond motifs is 1. The standard InChI is InChI=1S/C25H17F6N3O/c26-24(27,28)20-8-17(9-21(11-20)25(29,30)31)15-34(14-16-4-3-7-32-12-16)23(35)19-10-18-5-1-2-6-22(18)33-13-19/h1-13H,14-15H2. The van der Waals surface area contributed by atoms with Gasteiger partial charge in [-0.2, -0.15) is 26.3 Å². The van der Waals surface area contributed by atoms with Gasteiger partial charge in [0, 0.05) is 37.1 Å². The first-order chi connectivity index (χ1) is 16.5. The van der Waals surface area contributed by atoms with E-state index in [1.807, 2.05) is 0 Å². The highest BCUT2D eigenvalue weighted by atomic mass is 19.4. The second-order valence-corrected chi connectivity index (χ2v) is 7.85. The Balaban J connectivity index is 1.75. The number of halogens is 6. The lowest BCUT2D eigenvalue weighted by Crippen LogP contribution is -2.30. The molecule has 4 aromatic rings. The van der Waals surface area contributed by atoms with Gasteiger partial charge in [-0.15, -0.1) is 0 Å². The molecule has 0 N–H and O–H groups in total. The van der Waals surface area contributed by atoms with Crippen LogP contribution in [0.1, 0.15) is 32.6 Å². The van der Waals surface area contributed by atoms with Crippen molar-refractivity contribution in [2.45, 2.75) is 25.4 Å². The van der Waals surface area contributed by atoms with E-state index in [1.54, 1.807) is 42.5 Å². The molecular formula is C25H17F6N3O. The van der Waals surface area contributed by atoms with Crippen LogP contribution in [0.15, 0.2) is 79.3 Å². The Bertz CT molecular complexity index is 1320. The Labute approximate surface area is 195 Å². The lowest BCUT2D eigenvalue weighted by Gasteiger charge is -2.24. The zero-order valence-electron chi connectivity index (χ0n) is 17.9. The molecule has 4 rings (SSSR count). The number of aromatic nitrogens is 2. The quantitative estimate of drug-likeness (QED) is 0.300. The van der Waals surface area contributed by atoms with Crippen LogP contribution in [-0.4, -0.2) is 20.8 Å². The number of para-hydroxylation sites is 1. The Morgan fingerprint density at radius 1 is 0.771 bits per heavy atom. The number of rotatable bonds is 5. The third kappa shape index (κ3) is 5.76. The van der Waals surface area contributed by atoms with Gasteiger partial charge in [0.25, 0.3) is 5.91 Å². The van der Waals surface area contributed by atoms with Crippen LogP contribution in [-0.2, 0) is 25.4 Å². The van der Waals surface area contributed by atoms with Crippen molar-refractivity contribution in [3.05, 3.63) is 107 Å². The van der Waals surface area contributed by atoms with E-state index < -0.39 is 35.9 Å². The van der Waals surface area contributed by atoms with Gasteiger partial charge in [-0.05, 0) is 47.5 Å². The summed E-state index contributed by atoms with van der Waals surface area (Å²) < 4.78 is 80.0. The average molecular weight is 489 g/mol. The molecule has 0 aliphatic heterocycles. The van der Waals surface area contributed by atoms with Crippen LogP contribution < -0.4 is 0 Å². The van der Waals surface area contributed by atoms with Crippen molar-refractivity contribution in [3.63, 3.8) is 0 Å². The number of nitrogens with zero attached hydrogens (tertiary/aromatic N) is 3. The molecule has 0 radical (unpaired) electrons. The highest BCUT2D eigenvalue weighted by Crippen LogP contribution is 2.36. The Morgan fingerprint density at radius 3 is 2.06 bits per heavy atom. The number of hydrogen-bond donors (Lipinski definition) is 0. The first-order valence-electron chi connectivity index (χ1n) is 10.3. The summed E-state index contributed by atoms with van der Waals surface area (Å²) in [4.78, 5) is 22.7. The molecule has 180 valence electrons. The average Bonchev–Trinajstić information content (AvgIpc) is 2.82. The van der Waals surface area contributed by atoms with Crippen molar-refractivity contribution in [2.24, 2.45) is 0 Å². The molecule has 2 aromatic heterocycles. The number of pyridine rings is 2. The fourth-order valence-electron chi connectivity index (χ4n) is 3.61. The van der Waals surface area contributed by atoms with Crippen LogP contribution in [0, 0.1) is 0 Å². The molecule has 4 nitrogen and oxygen atoms in total. The van der Waals surface area contributed by atoms with Gasteiger partial charge in [0.15, 0.2) is 0 Å². The molecule has 35 heavy (non-hydrogen) atoms. The molecule has 1 amide bonds. The second kappa shape index (κ2) is 9.36. The third-order valence-electron chi connectivity index (χ3n) is 5.24. The van der Waals surface area contributed by atoms with E-state index in [0.29, 0.717) is 28.6 Å². The van der Waals surface area contributed by atoms with Crippen LogP contribution in [0.5, 0.6) is 0 Å². The predicted octanol–water partition coefficient (Wildman–Crippen LogP) is 6.51. The highest BCUT2D eigenvalue weighted by Gasteiger charge is 2.37. The lowest BCUT2D eigenvalue weighted by atomic mass is 10.0. The van der Waals surface area contributed by atoms with Crippen molar-refractivity contribution in [1.82, 2.24) is 14.9 Å². The monoisotopic (exact) mass is 489 g/mol. The predicted molar refractivity (Wildman–Crippen MR) is 116 cm³/mol. The van der Waals surface area contributed by atoms with E-state index in [9.17, 15) is 31.1 Å². The Hall–Kier alpha value is -3.95. The summed E-state index contributed by atoms with van der Waals surface area (Å²) in [5, 5.41) is 0.665. The Morgan fingerprint density at radius 2 is 1.43 bits per heavy atom. The van der Waals surface area contributed by atoms with Gasteiger partial charge in [0.1, 0.15) is 0 Å². The van der Waals surface area contributed by atoms with Gasteiger partial charge < -0.3 is 4.90 Å². The van der Waals surface area contributed by atoms with Crippen molar-refractivity contribution >= 4 is 16.8 Å². The normalized spacial score (nSPS) is 12.1. The summed E-state index contributed by atoms with van der Waals surface area (Å²) in [5.74, 6) is -0.599. The van der Waals surface area contributed by atoms with E-state index in [-0.39, 0.29) is 23.7 Å². The smallest absolute Gasteiger partial charge is 0.330 e. The fourth-order valence-corrected chi connectivity index (χ4v) is 3.61. The van der Waals surface area contributed by atoms with Gasteiger partial charge in [-0.25, -0.2) is 0 Å². The largest absolute Gasteiger partial charge is 0.416 e. The van der Waals surface area contributed by atoms with Crippen molar-refractivity contribution in [2.75, 3.05) is 0 Å². The van der Waals surface area contributed by atoms with E-state index in [4.69, 9.17) is 0 Å². The summed E-state index contributed by atoms with van der Waals surface area (Å²) in [6, 6.07) is 13.2. The van der Waals surface area contributed by atoms with Crippen LogP contribution in [0.3, 0.4) is 0 Å². The number of benzene rings is 2. The molecule has 0 saturated carbocycles.